The minimum absolute atomic E-state index is 0.358. The number of nitrogens with two attached hydrogens (primary N) is 1. The summed E-state index contributed by atoms with van der Waals surface area (Å²) >= 11 is 7.63. The molecule has 4 rings (SSSR count). The average Bonchev–Trinajstić information content (AvgIpc) is 3.55. The highest BCUT2D eigenvalue weighted by Gasteiger charge is 2.24. The third-order valence-corrected chi connectivity index (χ3v) is 5.53. The number of benzene rings is 1. The first kappa shape index (κ1) is 18.7. The highest BCUT2D eigenvalue weighted by atomic mass is 35.5. The fraction of sp³-hybridized carbons (Fsp3) is 0.200. The van der Waals surface area contributed by atoms with Gasteiger partial charge in [0, 0.05) is 42.0 Å². The fourth-order valence-corrected chi connectivity index (χ4v) is 3.48. The summed E-state index contributed by atoms with van der Waals surface area (Å²) in [6, 6.07) is 7.77. The third-order valence-electron chi connectivity index (χ3n) is 4.22. The molecule has 1 fully saturated rings. The molecule has 1 aromatic carbocycles. The zero-order valence-electron chi connectivity index (χ0n) is 15.2. The van der Waals surface area contributed by atoms with Crippen molar-refractivity contribution in [2.24, 2.45) is 10.7 Å². The van der Waals surface area contributed by atoms with Crippen molar-refractivity contribution in [2.45, 2.75) is 18.1 Å². The van der Waals surface area contributed by atoms with Gasteiger partial charge in [-0.15, -0.1) is 0 Å². The molecule has 0 amide bonds. The van der Waals surface area contributed by atoms with E-state index in [0.29, 0.717) is 27.4 Å². The van der Waals surface area contributed by atoms with E-state index in [9.17, 15) is 0 Å². The van der Waals surface area contributed by atoms with E-state index in [0.717, 1.165) is 22.2 Å². The van der Waals surface area contributed by atoms with Crippen molar-refractivity contribution in [3.63, 3.8) is 0 Å². The van der Waals surface area contributed by atoms with Crippen LogP contribution in [0.25, 0.3) is 27.7 Å². The predicted molar refractivity (Wildman–Crippen MR) is 116 cm³/mol. The monoisotopic (exact) mass is 411 g/mol. The van der Waals surface area contributed by atoms with Crippen LogP contribution in [0, 0.1) is 0 Å². The van der Waals surface area contributed by atoms with Gasteiger partial charge in [0.2, 0.25) is 0 Å². The van der Waals surface area contributed by atoms with E-state index in [4.69, 9.17) is 21.5 Å². The first-order valence-electron chi connectivity index (χ1n) is 8.78. The summed E-state index contributed by atoms with van der Waals surface area (Å²) in [5.74, 6) is 0.573. The molecule has 28 heavy (non-hydrogen) atoms. The van der Waals surface area contributed by atoms with E-state index in [1.807, 2.05) is 24.3 Å². The molecule has 0 bridgehead atoms. The second-order valence-corrected chi connectivity index (χ2v) is 7.74. The highest BCUT2D eigenvalue weighted by Crippen LogP contribution is 2.38. The zero-order chi connectivity index (χ0) is 19.5. The Bertz CT molecular complexity index is 1080. The van der Waals surface area contributed by atoms with E-state index in [-0.39, 0.29) is 0 Å². The molecule has 0 aliphatic heterocycles. The number of halogens is 1. The van der Waals surface area contributed by atoms with Gasteiger partial charge in [-0.3, -0.25) is 9.98 Å². The summed E-state index contributed by atoms with van der Waals surface area (Å²) in [6.07, 6.45) is 8.91. The van der Waals surface area contributed by atoms with Crippen molar-refractivity contribution in [2.75, 3.05) is 7.05 Å². The first-order valence-corrected chi connectivity index (χ1v) is 9.96. The molecule has 0 unspecified atom stereocenters. The van der Waals surface area contributed by atoms with Crippen molar-refractivity contribution in [3.05, 3.63) is 53.7 Å². The molecule has 0 saturated heterocycles. The number of fused-ring (bicyclic) bond motifs is 1. The second kappa shape index (κ2) is 8.16. The third kappa shape index (κ3) is 4.10. The number of nitrogens with zero attached hydrogens (tertiary/aromatic N) is 4. The molecule has 3 aromatic rings. The maximum atomic E-state index is 6.18. The Morgan fingerprint density at radius 2 is 2.07 bits per heavy atom. The van der Waals surface area contributed by atoms with E-state index >= 15 is 0 Å². The molecule has 0 atom stereocenters. The molecule has 0 spiro atoms. The Balaban J connectivity index is 1.69. The predicted octanol–water partition coefficient (Wildman–Crippen LogP) is 4.53. The van der Waals surface area contributed by atoms with E-state index in [1.165, 1.54) is 31.1 Å². The number of hydrogen-bond acceptors (Lipinski definition) is 7. The molecule has 2 aromatic heterocycles. The van der Waals surface area contributed by atoms with E-state index in [2.05, 4.69) is 19.9 Å². The number of aromatic nitrogens is 3. The number of rotatable bonds is 6. The number of aliphatic imine (C=N–C) groups is 1. The molecule has 2 N–H and O–H groups in total. The summed E-state index contributed by atoms with van der Waals surface area (Å²) in [5, 5.41) is 0.918. The molecule has 1 aliphatic carbocycles. The van der Waals surface area contributed by atoms with Gasteiger partial charge in [-0.05, 0) is 36.6 Å². The molecular formula is C20H18ClN5OS. The van der Waals surface area contributed by atoms with Gasteiger partial charge >= 0.3 is 0 Å². The van der Waals surface area contributed by atoms with Gasteiger partial charge < -0.3 is 9.92 Å². The Morgan fingerprint density at radius 3 is 2.82 bits per heavy atom. The summed E-state index contributed by atoms with van der Waals surface area (Å²) in [7, 11) is 1.69. The van der Waals surface area contributed by atoms with Crippen LogP contribution in [0.15, 0.2) is 47.9 Å². The summed E-state index contributed by atoms with van der Waals surface area (Å²) in [5.41, 5.74) is 10.5. The first-order chi connectivity index (χ1) is 13.7. The van der Waals surface area contributed by atoms with Crippen molar-refractivity contribution < 1.29 is 4.18 Å². The number of allylic oxidation sites excluding steroid dienone is 1. The van der Waals surface area contributed by atoms with E-state index in [1.54, 1.807) is 25.7 Å². The van der Waals surface area contributed by atoms with Crippen LogP contribution in [0.2, 0.25) is 5.15 Å². The van der Waals surface area contributed by atoms with Crippen LogP contribution in [-0.4, -0.2) is 33.5 Å². The Kier molecular flexibility index (Phi) is 5.45. The maximum Gasteiger partial charge on any atom is 0.175 e. The smallest absolute Gasteiger partial charge is 0.175 e. The molecular weight excluding hydrogens is 394 g/mol. The quantitative estimate of drug-likeness (QED) is 0.364. The van der Waals surface area contributed by atoms with Gasteiger partial charge in [0.25, 0.3) is 0 Å². The van der Waals surface area contributed by atoms with Crippen LogP contribution >= 0.6 is 23.6 Å². The average molecular weight is 412 g/mol. The molecule has 2 heterocycles. The summed E-state index contributed by atoms with van der Waals surface area (Å²) in [6.45, 7) is 0. The standard InChI is InChI=1S/C20H18ClN5OS/c1-23-9-14(8-22)18-11-24-16-5-2-12(6-17(16)26-18)13-7-19(20(21)25-10-13)27-28-15-3-4-15/h2,5-11,15H,3-4,22H2,1H3/b14-8+,23-9?. The van der Waals surface area contributed by atoms with Gasteiger partial charge in [0.15, 0.2) is 10.9 Å². The minimum atomic E-state index is 0.358. The van der Waals surface area contributed by atoms with Crippen LogP contribution in [-0.2, 0) is 0 Å². The minimum Gasteiger partial charge on any atom is -0.422 e. The SMILES string of the molecule is CN=C/C(=C\N)c1cnc2ccc(-c3cnc(Cl)c(OSC4CC4)c3)cc2n1. The molecule has 142 valence electrons. The highest BCUT2D eigenvalue weighted by molar-refractivity contribution is 7.95. The summed E-state index contributed by atoms with van der Waals surface area (Å²) < 4.78 is 5.76. The van der Waals surface area contributed by atoms with Crippen LogP contribution in [0.3, 0.4) is 0 Å². The van der Waals surface area contributed by atoms with Gasteiger partial charge in [0.1, 0.15) is 0 Å². The van der Waals surface area contributed by atoms with Gasteiger partial charge in [-0.1, -0.05) is 17.7 Å². The van der Waals surface area contributed by atoms with E-state index < -0.39 is 0 Å². The maximum absolute atomic E-state index is 6.18. The van der Waals surface area contributed by atoms with Crippen molar-refractivity contribution >= 4 is 46.5 Å². The van der Waals surface area contributed by atoms with Crippen LogP contribution in [0.1, 0.15) is 18.5 Å². The largest absolute Gasteiger partial charge is 0.422 e. The lowest BCUT2D eigenvalue weighted by molar-refractivity contribution is 0.641. The van der Waals surface area contributed by atoms with Crippen LogP contribution < -0.4 is 9.92 Å². The van der Waals surface area contributed by atoms with Crippen LogP contribution in [0.5, 0.6) is 5.75 Å². The number of hydrogen-bond donors (Lipinski definition) is 1. The molecule has 0 radical (unpaired) electrons. The van der Waals surface area contributed by atoms with Crippen molar-refractivity contribution in [1.82, 2.24) is 15.0 Å². The zero-order valence-corrected chi connectivity index (χ0v) is 16.7. The lowest BCUT2D eigenvalue weighted by Crippen LogP contribution is -1.97. The second-order valence-electron chi connectivity index (χ2n) is 6.36. The van der Waals surface area contributed by atoms with Crippen molar-refractivity contribution in [3.8, 4) is 16.9 Å². The summed E-state index contributed by atoms with van der Waals surface area (Å²) in [4.78, 5) is 17.4. The Hall–Kier alpha value is -2.64. The topological polar surface area (TPSA) is 86.3 Å². The van der Waals surface area contributed by atoms with Gasteiger partial charge in [-0.25, -0.2) is 9.97 Å². The lowest BCUT2D eigenvalue weighted by Gasteiger charge is -2.09. The molecule has 6 nitrogen and oxygen atoms in total. The fourth-order valence-electron chi connectivity index (χ4n) is 2.59. The molecule has 8 heteroatoms. The lowest BCUT2D eigenvalue weighted by atomic mass is 10.1. The molecule has 1 aliphatic rings. The number of pyridine rings is 1. The van der Waals surface area contributed by atoms with Gasteiger partial charge in [0.05, 0.1) is 35.0 Å². The van der Waals surface area contributed by atoms with Gasteiger partial charge in [-0.2, -0.15) is 0 Å². The van der Waals surface area contributed by atoms with Crippen molar-refractivity contribution in [1.29, 1.82) is 0 Å². The van der Waals surface area contributed by atoms with Crippen LogP contribution in [0.4, 0.5) is 0 Å². The normalized spacial score (nSPS) is 14.7. The Labute approximate surface area is 172 Å². The Morgan fingerprint density at radius 1 is 1.21 bits per heavy atom. The molecule has 1 saturated carbocycles.